The normalized spacial score (nSPS) is 18.1. The lowest BCUT2D eigenvalue weighted by Gasteiger charge is -2.29. The largest absolute Gasteiger partial charge is 0.378 e. The monoisotopic (exact) mass is 479 g/mol. The molecular formula is C27H30FN3O4. The number of rotatable bonds is 7. The summed E-state index contributed by atoms with van der Waals surface area (Å²) in [6.45, 7) is 5.74. The van der Waals surface area contributed by atoms with Crippen LogP contribution in [0.2, 0.25) is 0 Å². The molecule has 0 aliphatic carbocycles. The average molecular weight is 480 g/mol. The van der Waals surface area contributed by atoms with Crippen molar-refractivity contribution in [3.8, 4) is 11.3 Å². The van der Waals surface area contributed by atoms with Crippen LogP contribution >= 0.6 is 0 Å². The lowest BCUT2D eigenvalue weighted by Crippen LogP contribution is -2.39. The maximum absolute atomic E-state index is 14.8. The van der Waals surface area contributed by atoms with E-state index in [4.69, 9.17) is 14.0 Å². The molecule has 7 nitrogen and oxygen atoms in total. The first kappa shape index (κ1) is 23.5. The van der Waals surface area contributed by atoms with Gasteiger partial charge in [-0.15, -0.1) is 0 Å². The number of carbonyl (C=O) groups excluding carboxylic acids is 1. The number of carbonyl (C=O) groups is 1. The Morgan fingerprint density at radius 2 is 1.97 bits per heavy atom. The molecule has 0 N–H and O–H groups in total. The van der Waals surface area contributed by atoms with Gasteiger partial charge < -0.3 is 23.8 Å². The second kappa shape index (κ2) is 10.6. The number of aromatic nitrogens is 1. The third kappa shape index (κ3) is 5.23. The maximum atomic E-state index is 14.8. The standard InChI is InChI=1S/C27H30FN3O4/c1-19-6-4-7-20(16-19)26(32)31(17-21-8-5-13-34-21)18-23-25(22-9-2-3-10-24(22)28)29-35-27(23)30-11-14-33-15-12-30/h2-4,6-7,9-10,16,21H,5,8,11-15,17-18H2,1H3/t21-/m0/s1. The molecule has 0 spiro atoms. The first-order chi connectivity index (χ1) is 17.1. The molecule has 2 saturated heterocycles. The van der Waals surface area contributed by atoms with Gasteiger partial charge >= 0.3 is 0 Å². The van der Waals surface area contributed by atoms with Crippen molar-refractivity contribution >= 4 is 11.8 Å². The third-order valence-electron chi connectivity index (χ3n) is 6.54. The Kier molecular flexibility index (Phi) is 7.11. The number of anilines is 1. The molecule has 35 heavy (non-hydrogen) atoms. The number of morpholine rings is 1. The van der Waals surface area contributed by atoms with Gasteiger partial charge in [-0.3, -0.25) is 4.79 Å². The van der Waals surface area contributed by atoms with Crippen molar-refractivity contribution in [2.24, 2.45) is 0 Å². The van der Waals surface area contributed by atoms with E-state index in [1.165, 1.54) is 6.07 Å². The molecule has 0 unspecified atom stereocenters. The highest BCUT2D eigenvalue weighted by Gasteiger charge is 2.30. The third-order valence-corrected chi connectivity index (χ3v) is 6.54. The minimum Gasteiger partial charge on any atom is -0.378 e. The highest BCUT2D eigenvalue weighted by atomic mass is 19.1. The molecule has 1 atom stereocenters. The Morgan fingerprint density at radius 3 is 2.71 bits per heavy atom. The summed E-state index contributed by atoms with van der Waals surface area (Å²) >= 11 is 0. The van der Waals surface area contributed by atoms with Gasteiger partial charge in [0.2, 0.25) is 5.88 Å². The van der Waals surface area contributed by atoms with Gasteiger partial charge in [-0.05, 0) is 44.0 Å². The smallest absolute Gasteiger partial charge is 0.254 e. The molecule has 1 amide bonds. The molecule has 1 aromatic heterocycles. The molecule has 0 bridgehead atoms. The second-order valence-corrected chi connectivity index (χ2v) is 9.08. The molecule has 2 aromatic carbocycles. The summed E-state index contributed by atoms with van der Waals surface area (Å²) in [5.41, 5.74) is 3.08. The number of halogens is 1. The van der Waals surface area contributed by atoms with E-state index in [1.54, 1.807) is 23.1 Å². The SMILES string of the molecule is Cc1cccc(C(=O)N(Cc2c(-c3ccccc3F)noc2N2CCOCC2)C[C@@H]2CCCO2)c1. The van der Waals surface area contributed by atoms with E-state index in [-0.39, 0.29) is 24.4 Å². The summed E-state index contributed by atoms with van der Waals surface area (Å²) in [7, 11) is 0. The Morgan fingerprint density at radius 1 is 1.14 bits per heavy atom. The van der Waals surface area contributed by atoms with Gasteiger partial charge in [0.25, 0.3) is 5.91 Å². The highest BCUT2D eigenvalue weighted by Crippen LogP contribution is 2.34. The first-order valence-corrected chi connectivity index (χ1v) is 12.1. The van der Waals surface area contributed by atoms with Crippen molar-refractivity contribution in [3.05, 3.63) is 71.0 Å². The molecule has 3 aromatic rings. The van der Waals surface area contributed by atoms with Crippen LogP contribution in [0.1, 0.15) is 34.3 Å². The molecule has 2 aliphatic heterocycles. The van der Waals surface area contributed by atoms with Gasteiger partial charge in [0, 0.05) is 37.4 Å². The Balaban J connectivity index is 1.54. The number of hydrogen-bond donors (Lipinski definition) is 0. The van der Waals surface area contributed by atoms with Gasteiger partial charge in [-0.1, -0.05) is 35.0 Å². The number of hydrogen-bond acceptors (Lipinski definition) is 6. The van der Waals surface area contributed by atoms with E-state index < -0.39 is 0 Å². The number of aryl methyl sites for hydroxylation is 1. The molecule has 3 heterocycles. The van der Waals surface area contributed by atoms with Crippen molar-refractivity contribution in [3.63, 3.8) is 0 Å². The molecule has 2 aliphatic rings. The zero-order valence-corrected chi connectivity index (χ0v) is 19.9. The summed E-state index contributed by atoms with van der Waals surface area (Å²) in [6, 6.07) is 14.1. The van der Waals surface area contributed by atoms with Crippen LogP contribution in [-0.2, 0) is 16.0 Å². The zero-order chi connectivity index (χ0) is 24.2. The predicted octanol–water partition coefficient (Wildman–Crippen LogP) is 4.45. The van der Waals surface area contributed by atoms with Gasteiger partial charge in [-0.2, -0.15) is 0 Å². The zero-order valence-electron chi connectivity index (χ0n) is 19.9. The predicted molar refractivity (Wildman–Crippen MR) is 130 cm³/mol. The fraction of sp³-hybridized carbons (Fsp3) is 0.407. The molecule has 5 rings (SSSR count). The summed E-state index contributed by atoms with van der Waals surface area (Å²) in [5.74, 6) is 0.0741. The molecule has 184 valence electrons. The minimum absolute atomic E-state index is 0.0348. The Labute approximate surface area is 204 Å². The average Bonchev–Trinajstić information content (AvgIpc) is 3.54. The van der Waals surface area contributed by atoms with E-state index in [2.05, 4.69) is 10.1 Å². The van der Waals surface area contributed by atoms with Crippen LogP contribution in [0.3, 0.4) is 0 Å². The summed E-state index contributed by atoms with van der Waals surface area (Å²) < 4.78 is 32.0. The van der Waals surface area contributed by atoms with Crippen LogP contribution < -0.4 is 4.90 Å². The van der Waals surface area contributed by atoms with Gasteiger partial charge in [-0.25, -0.2) is 4.39 Å². The lowest BCUT2D eigenvalue weighted by molar-refractivity contribution is 0.0507. The first-order valence-electron chi connectivity index (χ1n) is 12.1. The number of benzene rings is 2. The maximum Gasteiger partial charge on any atom is 0.254 e. The quantitative estimate of drug-likeness (QED) is 0.499. The van der Waals surface area contributed by atoms with Crippen LogP contribution in [0.15, 0.2) is 53.1 Å². The number of nitrogens with zero attached hydrogens (tertiary/aromatic N) is 3. The topological polar surface area (TPSA) is 68.0 Å². The summed E-state index contributed by atoms with van der Waals surface area (Å²) in [6.07, 6.45) is 1.84. The molecule has 2 fully saturated rings. The van der Waals surface area contributed by atoms with Crippen molar-refractivity contribution in [1.29, 1.82) is 0 Å². The van der Waals surface area contributed by atoms with E-state index in [0.717, 1.165) is 18.4 Å². The van der Waals surface area contributed by atoms with E-state index >= 15 is 0 Å². The van der Waals surface area contributed by atoms with E-state index in [1.807, 2.05) is 31.2 Å². The van der Waals surface area contributed by atoms with Crippen LogP contribution in [-0.4, -0.2) is 61.5 Å². The van der Waals surface area contributed by atoms with Crippen molar-refractivity contribution in [2.45, 2.75) is 32.4 Å². The van der Waals surface area contributed by atoms with E-state index in [0.29, 0.717) is 67.7 Å². The fourth-order valence-corrected chi connectivity index (χ4v) is 4.73. The summed E-state index contributed by atoms with van der Waals surface area (Å²) in [5, 5.41) is 4.29. The molecule has 8 heteroatoms. The van der Waals surface area contributed by atoms with Crippen LogP contribution in [0.25, 0.3) is 11.3 Å². The minimum atomic E-state index is -0.383. The van der Waals surface area contributed by atoms with Gasteiger partial charge in [0.1, 0.15) is 11.5 Å². The fourth-order valence-electron chi connectivity index (χ4n) is 4.73. The number of amides is 1. The highest BCUT2D eigenvalue weighted by molar-refractivity contribution is 5.94. The molecular weight excluding hydrogens is 449 g/mol. The second-order valence-electron chi connectivity index (χ2n) is 9.08. The van der Waals surface area contributed by atoms with Gasteiger partial charge in [0.15, 0.2) is 0 Å². The number of ether oxygens (including phenoxy) is 2. The Bertz CT molecular complexity index is 1170. The molecule has 0 radical (unpaired) electrons. The van der Waals surface area contributed by atoms with Crippen molar-refractivity contribution < 1.29 is 23.2 Å². The van der Waals surface area contributed by atoms with Crippen molar-refractivity contribution in [1.82, 2.24) is 10.1 Å². The molecule has 0 saturated carbocycles. The summed E-state index contributed by atoms with van der Waals surface area (Å²) in [4.78, 5) is 17.6. The van der Waals surface area contributed by atoms with Crippen LogP contribution in [0.4, 0.5) is 10.3 Å². The van der Waals surface area contributed by atoms with Crippen molar-refractivity contribution in [2.75, 3.05) is 44.4 Å². The van der Waals surface area contributed by atoms with Crippen LogP contribution in [0, 0.1) is 12.7 Å². The van der Waals surface area contributed by atoms with E-state index in [9.17, 15) is 9.18 Å². The Hall–Kier alpha value is -3.23. The lowest BCUT2D eigenvalue weighted by atomic mass is 10.0. The van der Waals surface area contributed by atoms with Crippen LogP contribution in [0.5, 0.6) is 0 Å². The van der Waals surface area contributed by atoms with Gasteiger partial charge in [0.05, 0.1) is 31.4 Å².